The van der Waals surface area contributed by atoms with Gasteiger partial charge in [-0.3, -0.25) is 4.79 Å². The zero-order valence-corrected chi connectivity index (χ0v) is 8.80. The average molecular weight is 210 g/mol. The molecule has 3 fully saturated rings. The summed E-state index contributed by atoms with van der Waals surface area (Å²) in [5.41, 5.74) is 0. The first-order valence-electron chi connectivity index (χ1n) is 6.06. The molecule has 2 N–H and O–H groups in total. The highest BCUT2D eigenvalue weighted by molar-refractivity contribution is 5.71. The van der Waals surface area contributed by atoms with E-state index in [2.05, 4.69) is 0 Å². The van der Waals surface area contributed by atoms with Crippen molar-refractivity contribution >= 4 is 5.97 Å². The van der Waals surface area contributed by atoms with E-state index < -0.39 is 5.97 Å². The number of fused-ring (bicyclic) bond motifs is 5. The van der Waals surface area contributed by atoms with Gasteiger partial charge in [0, 0.05) is 6.61 Å². The minimum absolute atomic E-state index is 0.0753. The Kier molecular flexibility index (Phi) is 2.06. The summed E-state index contributed by atoms with van der Waals surface area (Å²) in [6.07, 6.45) is 4.26. The van der Waals surface area contributed by atoms with Crippen LogP contribution < -0.4 is 0 Å². The Morgan fingerprint density at radius 3 is 2.67 bits per heavy atom. The second-order valence-electron chi connectivity index (χ2n) is 5.60. The predicted octanol–water partition coefficient (Wildman–Crippen LogP) is 1.36. The Balaban J connectivity index is 1.81. The van der Waals surface area contributed by atoms with Crippen LogP contribution in [0.25, 0.3) is 0 Å². The molecule has 3 rings (SSSR count). The molecule has 84 valence electrons. The van der Waals surface area contributed by atoms with Crippen molar-refractivity contribution in [2.45, 2.75) is 25.7 Å². The summed E-state index contributed by atoms with van der Waals surface area (Å²) in [5.74, 6) is 2.09. The van der Waals surface area contributed by atoms with E-state index in [0.29, 0.717) is 36.2 Å². The number of aliphatic hydroxyl groups is 1. The van der Waals surface area contributed by atoms with E-state index in [1.165, 1.54) is 0 Å². The SMILES string of the molecule is O=C(O)C1CC2CC1C1CCC(CO)C21. The quantitative estimate of drug-likeness (QED) is 0.723. The molecular formula is C12H18O3. The van der Waals surface area contributed by atoms with Crippen molar-refractivity contribution in [1.82, 2.24) is 0 Å². The molecule has 0 amide bonds. The Labute approximate surface area is 89.5 Å². The van der Waals surface area contributed by atoms with E-state index in [1.54, 1.807) is 0 Å². The standard InChI is InChI=1S/C12H18O3/c13-5-6-1-2-8-9-3-7(11(6)8)4-10(9)12(14)15/h6-11,13H,1-5H2,(H,14,15). The zero-order chi connectivity index (χ0) is 10.6. The smallest absolute Gasteiger partial charge is 0.306 e. The molecule has 0 heterocycles. The van der Waals surface area contributed by atoms with Gasteiger partial charge in [0.2, 0.25) is 0 Å². The number of hydrogen-bond acceptors (Lipinski definition) is 2. The van der Waals surface area contributed by atoms with E-state index in [-0.39, 0.29) is 5.92 Å². The average Bonchev–Trinajstić information content (AvgIpc) is 2.88. The molecule has 0 saturated heterocycles. The van der Waals surface area contributed by atoms with Gasteiger partial charge >= 0.3 is 5.97 Å². The first kappa shape index (κ1) is 9.64. The largest absolute Gasteiger partial charge is 0.481 e. The van der Waals surface area contributed by atoms with E-state index in [1.807, 2.05) is 0 Å². The second-order valence-corrected chi connectivity index (χ2v) is 5.60. The van der Waals surface area contributed by atoms with Crippen molar-refractivity contribution in [1.29, 1.82) is 0 Å². The fraction of sp³-hybridized carbons (Fsp3) is 0.917. The molecule has 3 aliphatic rings. The van der Waals surface area contributed by atoms with Gasteiger partial charge in [-0.1, -0.05) is 0 Å². The minimum Gasteiger partial charge on any atom is -0.481 e. The third-order valence-electron chi connectivity index (χ3n) is 5.20. The summed E-state index contributed by atoms with van der Waals surface area (Å²) in [6, 6.07) is 0. The zero-order valence-electron chi connectivity index (χ0n) is 8.80. The van der Waals surface area contributed by atoms with Gasteiger partial charge in [-0.25, -0.2) is 0 Å². The van der Waals surface area contributed by atoms with Crippen LogP contribution in [0.1, 0.15) is 25.7 Å². The van der Waals surface area contributed by atoms with Gasteiger partial charge in [-0.05, 0) is 55.3 Å². The van der Waals surface area contributed by atoms with Gasteiger partial charge < -0.3 is 10.2 Å². The molecule has 3 heteroatoms. The molecule has 0 aromatic rings. The van der Waals surface area contributed by atoms with Crippen LogP contribution >= 0.6 is 0 Å². The van der Waals surface area contributed by atoms with E-state index in [0.717, 1.165) is 25.7 Å². The number of carbonyl (C=O) groups is 1. The molecule has 0 aromatic carbocycles. The van der Waals surface area contributed by atoms with Crippen LogP contribution in [-0.2, 0) is 4.79 Å². The van der Waals surface area contributed by atoms with E-state index in [4.69, 9.17) is 5.11 Å². The first-order chi connectivity index (χ1) is 7.22. The van der Waals surface area contributed by atoms with Crippen LogP contribution in [0.15, 0.2) is 0 Å². The fourth-order valence-corrected chi connectivity index (χ4v) is 4.77. The lowest BCUT2D eigenvalue weighted by atomic mass is 9.73. The third kappa shape index (κ3) is 1.19. The number of aliphatic carboxylic acids is 1. The predicted molar refractivity (Wildman–Crippen MR) is 54.1 cm³/mol. The summed E-state index contributed by atoms with van der Waals surface area (Å²) in [4.78, 5) is 11.1. The maximum atomic E-state index is 11.1. The topological polar surface area (TPSA) is 57.5 Å². The number of carboxylic acid groups (broad SMARTS) is 1. The lowest BCUT2D eigenvalue weighted by molar-refractivity contribution is -0.144. The molecule has 3 aliphatic carbocycles. The normalized spacial score (nSPS) is 52.1. The van der Waals surface area contributed by atoms with Crippen LogP contribution in [0.4, 0.5) is 0 Å². The van der Waals surface area contributed by atoms with Gasteiger partial charge in [-0.2, -0.15) is 0 Å². The van der Waals surface area contributed by atoms with Crippen LogP contribution in [-0.4, -0.2) is 22.8 Å². The summed E-state index contributed by atoms with van der Waals surface area (Å²) in [7, 11) is 0. The Bertz CT molecular complexity index is 289. The molecule has 2 bridgehead atoms. The van der Waals surface area contributed by atoms with Crippen LogP contribution in [0.2, 0.25) is 0 Å². The summed E-state index contributed by atoms with van der Waals surface area (Å²) < 4.78 is 0. The molecule has 6 atom stereocenters. The van der Waals surface area contributed by atoms with Crippen molar-refractivity contribution in [3.05, 3.63) is 0 Å². The Morgan fingerprint density at radius 1 is 1.20 bits per heavy atom. The molecule has 15 heavy (non-hydrogen) atoms. The van der Waals surface area contributed by atoms with Crippen molar-refractivity contribution in [3.63, 3.8) is 0 Å². The maximum absolute atomic E-state index is 11.1. The summed E-state index contributed by atoms with van der Waals surface area (Å²) in [6.45, 7) is 0.308. The van der Waals surface area contributed by atoms with Crippen molar-refractivity contribution in [2.75, 3.05) is 6.61 Å². The fourth-order valence-electron chi connectivity index (χ4n) is 4.77. The maximum Gasteiger partial charge on any atom is 0.306 e. The van der Waals surface area contributed by atoms with Gasteiger partial charge in [0.25, 0.3) is 0 Å². The molecule has 0 radical (unpaired) electrons. The molecular weight excluding hydrogens is 192 g/mol. The van der Waals surface area contributed by atoms with Crippen molar-refractivity contribution < 1.29 is 15.0 Å². The van der Waals surface area contributed by atoms with Crippen LogP contribution in [0.5, 0.6) is 0 Å². The third-order valence-corrected chi connectivity index (χ3v) is 5.20. The van der Waals surface area contributed by atoms with Crippen LogP contribution in [0, 0.1) is 35.5 Å². The molecule has 3 saturated carbocycles. The molecule has 3 nitrogen and oxygen atoms in total. The number of carboxylic acids is 1. The monoisotopic (exact) mass is 210 g/mol. The lowest BCUT2D eigenvalue weighted by Gasteiger charge is -2.31. The van der Waals surface area contributed by atoms with Gasteiger partial charge in [0.15, 0.2) is 0 Å². The summed E-state index contributed by atoms with van der Waals surface area (Å²) in [5, 5.41) is 18.4. The highest BCUT2D eigenvalue weighted by Crippen LogP contribution is 2.62. The Morgan fingerprint density at radius 2 is 2.00 bits per heavy atom. The van der Waals surface area contributed by atoms with Crippen molar-refractivity contribution in [3.8, 4) is 0 Å². The highest BCUT2D eigenvalue weighted by atomic mass is 16.4. The number of rotatable bonds is 2. The van der Waals surface area contributed by atoms with E-state index >= 15 is 0 Å². The molecule has 0 spiro atoms. The second kappa shape index (κ2) is 3.21. The molecule has 6 unspecified atom stereocenters. The first-order valence-corrected chi connectivity index (χ1v) is 6.06. The Hall–Kier alpha value is -0.570. The highest BCUT2D eigenvalue weighted by Gasteiger charge is 2.58. The minimum atomic E-state index is -0.589. The van der Waals surface area contributed by atoms with Gasteiger partial charge in [0.05, 0.1) is 5.92 Å². The number of aliphatic hydroxyl groups excluding tert-OH is 1. The van der Waals surface area contributed by atoms with E-state index in [9.17, 15) is 9.90 Å². The van der Waals surface area contributed by atoms with Crippen molar-refractivity contribution in [2.24, 2.45) is 35.5 Å². The van der Waals surface area contributed by atoms with Gasteiger partial charge in [-0.15, -0.1) is 0 Å². The number of hydrogen-bond donors (Lipinski definition) is 2. The van der Waals surface area contributed by atoms with Gasteiger partial charge in [0.1, 0.15) is 0 Å². The summed E-state index contributed by atoms with van der Waals surface area (Å²) >= 11 is 0. The molecule has 0 aromatic heterocycles. The van der Waals surface area contributed by atoms with Crippen LogP contribution in [0.3, 0.4) is 0 Å². The molecule has 0 aliphatic heterocycles. The lowest BCUT2D eigenvalue weighted by Crippen LogP contribution is -2.32.